The first-order chi connectivity index (χ1) is 16.1. The molecule has 0 aliphatic heterocycles. The Hall–Kier alpha value is -3.83. The predicted molar refractivity (Wildman–Crippen MR) is 122 cm³/mol. The molecule has 0 unspecified atom stereocenters. The van der Waals surface area contributed by atoms with Crippen molar-refractivity contribution < 1.29 is 37.1 Å². The number of sulfone groups is 1. The number of para-hydroxylation sites is 2. The molecule has 0 aliphatic rings. The number of nitrogens with zero attached hydrogens (tertiary/aromatic N) is 1. The molecule has 3 rings (SSSR count). The monoisotopic (exact) mass is 507 g/mol. The van der Waals surface area contributed by atoms with Crippen molar-refractivity contribution in [1.82, 2.24) is 0 Å². The third-order valence-electron chi connectivity index (χ3n) is 4.33. The summed E-state index contributed by atoms with van der Waals surface area (Å²) in [6.45, 7) is -0.385. The number of nitro benzene ring substituents is 1. The fraction of sp³-hybridized carbons (Fsp3) is 0.136. The van der Waals surface area contributed by atoms with Crippen molar-refractivity contribution in [3.05, 3.63) is 75.8 Å². The van der Waals surface area contributed by atoms with E-state index in [-0.39, 0.29) is 51.0 Å². The van der Waals surface area contributed by atoms with E-state index in [1.54, 1.807) is 12.1 Å². The van der Waals surface area contributed by atoms with Gasteiger partial charge in [0.25, 0.3) is 0 Å². The van der Waals surface area contributed by atoms with Crippen LogP contribution in [0.4, 0.5) is 5.69 Å². The zero-order valence-electron chi connectivity index (χ0n) is 17.9. The number of nitro groups is 1. The van der Waals surface area contributed by atoms with Crippen molar-refractivity contribution in [2.45, 2.75) is 4.90 Å². The lowest BCUT2D eigenvalue weighted by molar-refractivity contribution is -0.385. The Bertz CT molecular complexity index is 1340. The number of benzene rings is 3. The summed E-state index contributed by atoms with van der Waals surface area (Å²) >= 11 is 6.15. The molecule has 0 aromatic heterocycles. The van der Waals surface area contributed by atoms with Gasteiger partial charge in [0.15, 0.2) is 27.9 Å². The number of esters is 1. The molecule has 0 fully saturated rings. The summed E-state index contributed by atoms with van der Waals surface area (Å²) in [5, 5.41) is 11.6. The van der Waals surface area contributed by atoms with Crippen molar-refractivity contribution >= 4 is 33.1 Å². The highest BCUT2D eigenvalue weighted by Crippen LogP contribution is 2.40. The Kier molecular flexibility index (Phi) is 7.59. The normalized spacial score (nSPS) is 10.9. The molecule has 0 saturated heterocycles. The smallest absolute Gasteiger partial charge is 0.343 e. The van der Waals surface area contributed by atoms with Gasteiger partial charge in [0.2, 0.25) is 5.75 Å². The van der Waals surface area contributed by atoms with Crippen molar-refractivity contribution in [1.29, 1.82) is 0 Å². The SMILES string of the molecule is COC(=O)COc1ccccc1Oc1cc(Oc2ccc(S(C)(=O)=O)cc2Cl)ccc1[N+](=O)[O-]. The minimum absolute atomic E-state index is 0.0149. The molecule has 3 aromatic carbocycles. The second kappa shape index (κ2) is 10.4. The molecule has 178 valence electrons. The van der Waals surface area contributed by atoms with Crippen LogP contribution in [0.2, 0.25) is 5.02 Å². The number of carbonyl (C=O) groups is 1. The molecule has 0 radical (unpaired) electrons. The standard InChI is InChI=1S/C22H18ClNO9S/c1-30-22(25)13-31-19-5-3-4-6-20(19)33-21-11-14(7-9-17(21)24(26)27)32-18-10-8-15(12-16(18)23)34(2,28)29/h3-12H,13H2,1-2H3. The predicted octanol–water partition coefficient (Wildman–Crippen LogP) is 4.79. The molecule has 0 bridgehead atoms. The van der Waals surface area contributed by atoms with Crippen molar-refractivity contribution in [2.75, 3.05) is 20.0 Å². The summed E-state index contributed by atoms with van der Waals surface area (Å²) in [6, 6.07) is 14.0. The van der Waals surface area contributed by atoms with Crippen LogP contribution in [0, 0.1) is 10.1 Å². The Morgan fingerprint density at radius 2 is 1.68 bits per heavy atom. The third kappa shape index (κ3) is 6.15. The fourth-order valence-electron chi connectivity index (χ4n) is 2.68. The van der Waals surface area contributed by atoms with E-state index in [9.17, 15) is 23.3 Å². The van der Waals surface area contributed by atoms with Crippen LogP contribution in [0.25, 0.3) is 0 Å². The van der Waals surface area contributed by atoms with E-state index in [4.69, 9.17) is 25.8 Å². The molecular formula is C22H18ClNO9S. The Labute approximate surface area is 199 Å². The Morgan fingerprint density at radius 1 is 0.971 bits per heavy atom. The van der Waals surface area contributed by atoms with Gasteiger partial charge >= 0.3 is 11.7 Å². The average Bonchev–Trinajstić information content (AvgIpc) is 2.79. The van der Waals surface area contributed by atoms with E-state index in [0.29, 0.717) is 0 Å². The number of hydrogen-bond acceptors (Lipinski definition) is 9. The molecular weight excluding hydrogens is 490 g/mol. The van der Waals surface area contributed by atoms with Crippen LogP contribution in [-0.4, -0.2) is 39.3 Å². The van der Waals surface area contributed by atoms with Crippen LogP contribution in [0.3, 0.4) is 0 Å². The van der Waals surface area contributed by atoms with Crippen molar-refractivity contribution in [3.63, 3.8) is 0 Å². The molecule has 0 N–H and O–H groups in total. The number of rotatable bonds is 9. The average molecular weight is 508 g/mol. The van der Waals surface area contributed by atoms with Gasteiger partial charge in [0, 0.05) is 18.4 Å². The van der Waals surface area contributed by atoms with Gasteiger partial charge in [-0.3, -0.25) is 10.1 Å². The van der Waals surface area contributed by atoms with Crippen molar-refractivity contribution in [2.24, 2.45) is 0 Å². The van der Waals surface area contributed by atoms with E-state index >= 15 is 0 Å². The zero-order chi connectivity index (χ0) is 24.9. The van der Waals surface area contributed by atoms with Gasteiger partial charge in [-0.2, -0.15) is 0 Å². The van der Waals surface area contributed by atoms with Gasteiger partial charge in [-0.05, 0) is 36.4 Å². The van der Waals surface area contributed by atoms with E-state index < -0.39 is 20.7 Å². The maximum absolute atomic E-state index is 11.7. The highest BCUT2D eigenvalue weighted by atomic mass is 35.5. The maximum atomic E-state index is 11.7. The molecule has 34 heavy (non-hydrogen) atoms. The molecule has 0 atom stereocenters. The quantitative estimate of drug-likeness (QED) is 0.228. The molecule has 0 heterocycles. The van der Waals surface area contributed by atoms with Gasteiger partial charge in [0.05, 0.1) is 22.0 Å². The summed E-state index contributed by atoms with van der Waals surface area (Å²) in [5.41, 5.74) is -0.353. The van der Waals surface area contributed by atoms with Gasteiger partial charge in [0.1, 0.15) is 11.5 Å². The second-order valence-corrected chi connectivity index (χ2v) is 9.19. The third-order valence-corrected chi connectivity index (χ3v) is 5.74. The molecule has 12 heteroatoms. The molecule has 0 aliphatic carbocycles. The number of ether oxygens (including phenoxy) is 4. The number of carbonyl (C=O) groups excluding carboxylic acids is 1. The van der Waals surface area contributed by atoms with E-state index in [1.165, 1.54) is 55.6 Å². The second-order valence-electron chi connectivity index (χ2n) is 6.77. The van der Waals surface area contributed by atoms with Gasteiger partial charge in [-0.1, -0.05) is 23.7 Å². The summed E-state index contributed by atoms with van der Waals surface area (Å²) in [7, 11) is -2.25. The Balaban J connectivity index is 1.91. The van der Waals surface area contributed by atoms with E-state index in [0.717, 1.165) is 6.26 Å². The molecule has 0 amide bonds. The van der Waals surface area contributed by atoms with E-state index in [1.807, 2.05) is 0 Å². The lowest BCUT2D eigenvalue weighted by atomic mass is 10.2. The van der Waals surface area contributed by atoms with Crippen LogP contribution >= 0.6 is 11.6 Å². The van der Waals surface area contributed by atoms with Crippen LogP contribution in [0.15, 0.2) is 65.6 Å². The van der Waals surface area contributed by atoms with Crippen LogP contribution in [-0.2, 0) is 19.4 Å². The summed E-state index contributed by atoms with van der Waals surface area (Å²) < 4.78 is 44.7. The summed E-state index contributed by atoms with van der Waals surface area (Å²) in [4.78, 5) is 22.3. The zero-order valence-corrected chi connectivity index (χ0v) is 19.5. The first kappa shape index (κ1) is 24.8. The first-order valence-electron chi connectivity index (χ1n) is 9.51. The van der Waals surface area contributed by atoms with Crippen LogP contribution < -0.4 is 14.2 Å². The fourth-order valence-corrected chi connectivity index (χ4v) is 3.61. The lowest BCUT2D eigenvalue weighted by Gasteiger charge is -2.13. The van der Waals surface area contributed by atoms with E-state index in [2.05, 4.69) is 4.74 Å². The molecule has 3 aromatic rings. The van der Waals surface area contributed by atoms with Gasteiger partial charge < -0.3 is 18.9 Å². The number of hydrogen-bond donors (Lipinski definition) is 0. The lowest BCUT2D eigenvalue weighted by Crippen LogP contribution is -2.12. The van der Waals surface area contributed by atoms with Crippen LogP contribution in [0.1, 0.15) is 0 Å². The highest BCUT2D eigenvalue weighted by molar-refractivity contribution is 7.90. The summed E-state index contributed by atoms with van der Waals surface area (Å²) in [5.74, 6) is -0.233. The molecule has 10 nitrogen and oxygen atoms in total. The maximum Gasteiger partial charge on any atom is 0.343 e. The topological polar surface area (TPSA) is 131 Å². The van der Waals surface area contributed by atoms with Gasteiger partial charge in [-0.15, -0.1) is 0 Å². The molecule has 0 saturated carbocycles. The first-order valence-corrected chi connectivity index (χ1v) is 11.8. The highest BCUT2D eigenvalue weighted by Gasteiger charge is 2.20. The number of halogens is 1. The largest absolute Gasteiger partial charge is 0.478 e. The summed E-state index contributed by atoms with van der Waals surface area (Å²) in [6.07, 6.45) is 1.05. The molecule has 0 spiro atoms. The Morgan fingerprint density at radius 3 is 2.29 bits per heavy atom. The minimum atomic E-state index is -3.46. The minimum Gasteiger partial charge on any atom is -0.478 e. The van der Waals surface area contributed by atoms with Crippen molar-refractivity contribution in [3.8, 4) is 28.7 Å². The van der Waals surface area contributed by atoms with Crippen LogP contribution in [0.5, 0.6) is 28.7 Å². The number of methoxy groups -OCH3 is 1. The van der Waals surface area contributed by atoms with Gasteiger partial charge in [-0.25, -0.2) is 13.2 Å².